The summed E-state index contributed by atoms with van der Waals surface area (Å²) >= 11 is 0. The highest BCUT2D eigenvalue weighted by molar-refractivity contribution is 6.01. The third-order valence-electron chi connectivity index (χ3n) is 1.45. The predicted molar refractivity (Wildman–Crippen MR) is 34.3 cm³/mol. The van der Waals surface area contributed by atoms with E-state index in [9.17, 15) is 4.79 Å². The molecule has 9 heavy (non-hydrogen) atoms. The molecule has 0 aliphatic heterocycles. The molecule has 0 aromatic heterocycles. The van der Waals surface area contributed by atoms with E-state index in [4.69, 9.17) is 5.11 Å². The van der Waals surface area contributed by atoms with Crippen molar-refractivity contribution in [1.29, 1.82) is 0 Å². The summed E-state index contributed by atoms with van der Waals surface area (Å²) in [5.74, 6) is 0.109. The monoisotopic (exact) mass is 120 g/mol. The molecule has 2 aromatic rings. The smallest absolute Gasteiger partial charge is 0.198 e. The zero-order valence-corrected chi connectivity index (χ0v) is 4.59. The zero-order valence-electron chi connectivity index (χ0n) is 4.59. The summed E-state index contributed by atoms with van der Waals surface area (Å²) in [7, 11) is 0. The molecular formula is C7H4O2. The number of hydrogen-bond donors (Lipinski definition) is 1. The van der Waals surface area contributed by atoms with Gasteiger partial charge in [0.25, 0.3) is 0 Å². The topological polar surface area (TPSA) is 37.3 Å². The molecule has 44 valence electrons. The molecule has 0 spiro atoms. The van der Waals surface area contributed by atoms with E-state index in [1.54, 1.807) is 12.1 Å². The number of phenols is 1. The van der Waals surface area contributed by atoms with Crippen LogP contribution in [0.4, 0.5) is 0 Å². The number of benzene rings is 1. The highest BCUT2D eigenvalue weighted by Crippen LogP contribution is 2.24. The molecule has 0 saturated carbocycles. The van der Waals surface area contributed by atoms with Crippen molar-refractivity contribution in [2.75, 3.05) is 0 Å². The normalized spacial score (nSPS) is 11.1. The highest BCUT2D eigenvalue weighted by atomic mass is 16.3. The van der Waals surface area contributed by atoms with Gasteiger partial charge in [0.05, 0.1) is 5.39 Å². The van der Waals surface area contributed by atoms with Crippen molar-refractivity contribution in [3.05, 3.63) is 28.4 Å². The molecule has 0 bridgehead atoms. The minimum atomic E-state index is -0.0162. The molecule has 0 unspecified atom stereocenters. The molecule has 0 saturated heterocycles. The summed E-state index contributed by atoms with van der Waals surface area (Å²) in [5.41, 5.74) is -0.0162. The van der Waals surface area contributed by atoms with Crippen LogP contribution in [-0.4, -0.2) is 5.11 Å². The lowest BCUT2D eigenvalue weighted by Gasteiger charge is -1.80. The first-order chi connectivity index (χ1) is 4.30. The standard InChI is InChI=1S/C7H4O2/c8-5-3-1-2-4-6(5)7(4)9/h1-3,8H. The van der Waals surface area contributed by atoms with Crippen LogP contribution in [-0.2, 0) is 0 Å². The van der Waals surface area contributed by atoms with E-state index in [1.165, 1.54) is 6.07 Å². The first kappa shape index (κ1) is 4.56. The Hall–Kier alpha value is -1.31. The molecule has 0 radical (unpaired) electrons. The molecule has 2 nitrogen and oxygen atoms in total. The van der Waals surface area contributed by atoms with E-state index in [0.717, 1.165) is 0 Å². The number of hydrogen-bond acceptors (Lipinski definition) is 2. The van der Waals surface area contributed by atoms with Gasteiger partial charge in [0, 0.05) is 5.39 Å². The van der Waals surface area contributed by atoms with Gasteiger partial charge in [0.2, 0.25) is 0 Å². The Labute approximate surface area is 51.0 Å². The summed E-state index contributed by atoms with van der Waals surface area (Å²) in [4.78, 5) is 10.6. The van der Waals surface area contributed by atoms with Gasteiger partial charge in [-0.1, -0.05) is 12.1 Å². The average Bonchev–Trinajstić information content (AvgIpc) is 2.45. The Bertz CT molecular complexity index is 366. The second-order valence-corrected chi connectivity index (χ2v) is 2.03. The summed E-state index contributed by atoms with van der Waals surface area (Å²) in [6.45, 7) is 0. The van der Waals surface area contributed by atoms with E-state index in [2.05, 4.69) is 0 Å². The van der Waals surface area contributed by atoms with Crippen molar-refractivity contribution >= 4 is 10.8 Å². The van der Waals surface area contributed by atoms with Gasteiger partial charge in [0.1, 0.15) is 5.75 Å². The van der Waals surface area contributed by atoms with Crippen LogP contribution in [0.5, 0.6) is 5.75 Å². The van der Waals surface area contributed by atoms with E-state index in [0.29, 0.717) is 10.8 Å². The third kappa shape index (κ3) is 0.421. The Morgan fingerprint density at radius 3 is 2.67 bits per heavy atom. The minimum Gasteiger partial charge on any atom is -0.507 e. The summed E-state index contributed by atoms with van der Waals surface area (Å²) in [5, 5.41) is 10.1. The van der Waals surface area contributed by atoms with Crippen LogP contribution in [0.2, 0.25) is 0 Å². The van der Waals surface area contributed by atoms with Gasteiger partial charge in [-0.05, 0) is 6.07 Å². The number of fused-ring (bicyclic) bond motifs is 1. The van der Waals surface area contributed by atoms with Gasteiger partial charge in [0.15, 0.2) is 5.43 Å². The quantitative estimate of drug-likeness (QED) is 0.557. The Morgan fingerprint density at radius 1 is 1.33 bits per heavy atom. The fourth-order valence-electron chi connectivity index (χ4n) is 0.916. The molecule has 0 aliphatic carbocycles. The van der Waals surface area contributed by atoms with Crippen LogP contribution < -0.4 is 5.43 Å². The maximum atomic E-state index is 10.6. The van der Waals surface area contributed by atoms with Crippen LogP contribution in [0.1, 0.15) is 0 Å². The molecule has 2 rings (SSSR count). The second-order valence-electron chi connectivity index (χ2n) is 2.03. The van der Waals surface area contributed by atoms with Gasteiger partial charge in [-0.15, -0.1) is 0 Å². The van der Waals surface area contributed by atoms with Crippen molar-refractivity contribution in [2.24, 2.45) is 0 Å². The average molecular weight is 120 g/mol. The lowest BCUT2D eigenvalue weighted by atomic mass is 10.3. The zero-order chi connectivity index (χ0) is 6.43. The highest BCUT2D eigenvalue weighted by Gasteiger charge is 2.14. The molecule has 0 atom stereocenters. The van der Waals surface area contributed by atoms with Crippen molar-refractivity contribution in [2.45, 2.75) is 0 Å². The van der Waals surface area contributed by atoms with Crippen molar-refractivity contribution in [3.8, 4) is 5.75 Å². The molecule has 0 heterocycles. The molecule has 0 amide bonds. The van der Waals surface area contributed by atoms with Crippen molar-refractivity contribution < 1.29 is 5.11 Å². The lowest BCUT2D eigenvalue weighted by molar-refractivity contribution is 0.482. The SMILES string of the molecule is O=c1c2cccc(O)c12. The molecular weight excluding hydrogens is 116 g/mol. The summed E-state index contributed by atoms with van der Waals surface area (Å²) < 4.78 is 0. The second kappa shape index (κ2) is 1.16. The van der Waals surface area contributed by atoms with Gasteiger partial charge in [-0.25, -0.2) is 0 Å². The first-order valence-corrected chi connectivity index (χ1v) is 2.67. The minimum absolute atomic E-state index is 0.0162. The van der Waals surface area contributed by atoms with E-state index >= 15 is 0 Å². The van der Waals surface area contributed by atoms with Gasteiger partial charge in [-0.3, -0.25) is 4.79 Å². The maximum Gasteiger partial charge on any atom is 0.198 e. The lowest BCUT2D eigenvalue weighted by Crippen LogP contribution is -1.67. The van der Waals surface area contributed by atoms with E-state index in [1.807, 2.05) is 0 Å². The predicted octanol–water partition coefficient (Wildman–Crippen LogP) is 0.781. The van der Waals surface area contributed by atoms with Gasteiger partial charge >= 0.3 is 0 Å². The fourth-order valence-corrected chi connectivity index (χ4v) is 0.916. The third-order valence-corrected chi connectivity index (χ3v) is 1.45. The Morgan fingerprint density at radius 2 is 2.11 bits per heavy atom. The molecule has 0 fully saturated rings. The number of phenolic OH excluding ortho intramolecular Hbond substituents is 1. The van der Waals surface area contributed by atoms with E-state index < -0.39 is 0 Å². The first-order valence-electron chi connectivity index (χ1n) is 2.67. The Balaban J connectivity index is 2.98. The van der Waals surface area contributed by atoms with Crippen molar-refractivity contribution in [1.82, 2.24) is 0 Å². The molecule has 2 aromatic carbocycles. The van der Waals surface area contributed by atoms with Crippen molar-refractivity contribution in [3.63, 3.8) is 0 Å². The van der Waals surface area contributed by atoms with Crippen LogP contribution in [0.25, 0.3) is 10.8 Å². The van der Waals surface area contributed by atoms with Gasteiger partial charge in [-0.2, -0.15) is 0 Å². The van der Waals surface area contributed by atoms with Crippen LogP contribution in [0, 0.1) is 0 Å². The van der Waals surface area contributed by atoms with Gasteiger partial charge < -0.3 is 5.11 Å². The van der Waals surface area contributed by atoms with Crippen LogP contribution in [0.15, 0.2) is 23.0 Å². The largest absolute Gasteiger partial charge is 0.507 e. The Kier molecular flexibility index (Phi) is 0.585. The summed E-state index contributed by atoms with van der Waals surface area (Å²) in [6, 6.07) is 4.89. The van der Waals surface area contributed by atoms with Crippen LogP contribution >= 0.6 is 0 Å². The number of rotatable bonds is 0. The fraction of sp³-hybridized carbons (Fsp3) is 0. The molecule has 2 heteroatoms. The number of aromatic hydroxyl groups is 1. The van der Waals surface area contributed by atoms with Crippen LogP contribution in [0.3, 0.4) is 0 Å². The molecule has 1 N–H and O–H groups in total. The van der Waals surface area contributed by atoms with E-state index in [-0.39, 0.29) is 11.2 Å². The summed E-state index contributed by atoms with van der Waals surface area (Å²) in [6.07, 6.45) is 0. The maximum absolute atomic E-state index is 10.6. The molecule has 0 aliphatic rings.